The van der Waals surface area contributed by atoms with E-state index in [4.69, 9.17) is 9.84 Å². The van der Waals surface area contributed by atoms with Gasteiger partial charge in [0.15, 0.2) is 0 Å². The minimum absolute atomic E-state index is 0.215. The van der Waals surface area contributed by atoms with E-state index in [1.165, 1.54) is 0 Å². The summed E-state index contributed by atoms with van der Waals surface area (Å²) in [4.78, 5) is 23.5. The number of anilines is 3. The van der Waals surface area contributed by atoms with Gasteiger partial charge in [0.2, 0.25) is 5.95 Å². The Morgan fingerprint density at radius 3 is 2.69 bits per heavy atom. The second-order valence-corrected chi connectivity index (χ2v) is 5.30. The molecule has 2 aromatic heterocycles. The van der Waals surface area contributed by atoms with Gasteiger partial charge in [-0.2, -0.15) is 4.98 Å². The van der Waals surface area contributed by atoms with E-state index in [0.29, 0.717) is 17.3 Å². The van der Waals surface area contributed by atoms with Crippen LogP contribution in [0.5, 0.6) is 5.75 Å². The molecule has 0 fully saturated rings. The maximum atomic E-state index is 10.8. The summed E-state index contributed by atoms with van der Waals surface area (Å²) in [7, 11) is 1.60. The number of benzene rings is 1. The van der Waals surface area contributed by atoms with Crippen molar-refractivity contribution in [2.24, 2.45) is 0 Å². The molecule has 0 aliphatic heterocycles. The van der Waals surface area contributed by atoms with Crippen LogP contribution in [0.3, 0.4) is 0 Å². The van der Waals surface area contributed by atoms with Crippen LogP contribution in [0.2, 0.25) is 0 Å². The molecular weight excluding hydrogens is 334 g/mol. The first-order valence-electron chi connectivity index (χ1n) is 7.80. The van der Waals surface area contributed by atoms with Gasteiger partial charge in [-0.1, -0.05) is 6.07 Å². The molecule has 0 amide bonds. The molecule has 26 heavy (non-hydrogen) atoms. The molecule has 1 aromatic carbocycles. The van der Waals surface area contributed by atoms with Gasteiger partial charge < -0.3 is 20.5 Å². The quantitative estimate of drug-likeness (QED) is 0.596. The predicted molar refractivity (Wildman–Crippen MR) is 97.7 cm³/mol. The van der Waals surface area contributed by atoms with Crippen molar-refractivity contribution in [2.75, 3.05) is 24.3 Å². The fourth-order valence-electron chi connectivity index (χ4n) is 2.26. The van der Waals surface area contributed by atoms with Gasteiger partial charge in [-0.15, -0.1) is 0 Å². The lowest BCUT2D eigenvalue weighted by atomic mass is 10.2. The van der Waals surface area contributed by atoms with Gasteiger partial charge in [0.05, 0.1) is 12.8 Å². The van der Waals surface area contributed by atoms with E-state index >= 15 is 0 Å². The van der Waals surface area contributed by atoms with Gasteiger partial charge >= 0.3 is 5.97 Å². The highest BCUT2D eigenvalue weighted by atomic mass is 16.5. The Kier molecular flexibility index (Phi) is 5.23. The SMILES string of the molecule is COc1cccc(Nc2cc(-c3ccncc3)nc(NCC(=O)O)n2)c1. The van der Waals surface area contributed by atoms with Crippen LogP contribution in [0, 0.1) is 0 Å². The third-order valence-electron chi connectivity index (χ3n) is 3.44. The number of rotatable bonds is 7. The maximum absolute atomic E-state index is 10.8. The molecule has 0 aliphatic carbocycles. The van der Waals surface area contributed by atoms with Crippen LogP contribution >= 0.6 is 0 Å². The summed E-state index contributed by atoms with van der Waals surface area (Å²) < 4.78 is 5.22. The molecule has 0 atom stereocenters. The van der Waals surface area contributed by atoms with Crippen molar-refractivity contribution in [1.29, 1.82) is 0 Å². The number of carbonyl (C=O) groups is 1. The molecule has 0 spiro atoms. The summed E-state index contributed by atoms with van der Waals surface area (Å²) in [5, 5.41) is 14.8. The number of methoxy groups -OCH3 is 1. The van der Waals surface area contributed by atoms with Gasteiger partial charge in [-0.05, 0) is 24.3 Å². The zero-order valence-electron chi connectivity index (χ0n) is 14.0. The molecule has 0 saturated carbocycles. The van der Waals surface area contributed by atoms with Crippen molar-refractivity contribution in [1.82, 2.24) is 15.0 Å². The number of nitrogens with zero attached hydrogens (tertiary/aromatic N) is 3. The number of ether oxygens (including phenoxy) is 1. The molecule has 3 aromatic rings. The smallest absolute Gasteiger partial charge is 0.322 e. The molecule has 132 valence electrons. The highest BCUT2D eigenvalue weighted by Gasteiger charge is 2.09. The van der Waals surface area contributed by atoms with Crippen LogP contribution in [-0.2, 0) is 4.79 Å². The average Bonchev–Trinajstić information content (AvgIpc) is 2.67. The highest BCUT2D eigenvalue weighted by Crippen LogP contribution is 2.25. The standard InChI is InChI=1S/C18H17N5O3/c1-26-14-4-2-3-13(9-14)21-16-10-15(12-5-7-19-8-6-12)22-18(23-16)20-11-17(24)25/h2-10H,11H2,1H3,(H,24,25)(H2,20,21,22,23). The third kappa shape index (κ3) is 4.44. The van der Waals surface area contributed by atoms with E-state index in [0.717, 1.165) is 11.3 Å². The van der Waals surface area contributed by atoms with E-state index in [-0.39, 0.29) is 12.5 Å². The maximum Gasteiger partial charge on any atom is 0.322 e. The molecule has 0 saturated heterocycles. The molecular formula is C18H17N5O3. The van der Waals surface area contributed by atoms with E-state index in [1.54, 1.807) is 25.6 Å². The Labute approximate surface area is 149 Å². The first kappa shape index (κ1) is 17.2. The van der Waals surface area contributed by atoms with Crippen molar-refractivity contribution < 1.29 is 14.6 Å². The van der Waals surface area contributed by atoms with Crippen molar-refractivity contribution in [3.8, 4) is 17.0 Å². The number of aliphatic carboxylic acids is 1. The molecule has 2 heterocycles. The Bertz CT molecular complexity index is 902. The van der Waals surface area contributed by atoms with Crippen LogP contribution in [0.25, 0.3) is 11.3 Å². The summed E-state index contributed by atoms with van der Waals surface area (Å²) >= 11 is 0. The van der Waals surface area contributed by atoms with Crippen molar-refractivity contribution in [3.63, 3.8) is 0 Å². The normalized spacial score (nSPS) is 10.2. The Morgan fingerprint density at radius 1 is 1.15 bits per heavy atom. The van der Waals surface area contributed by atoms with Crippen molar-refractivity contribution >= 4 is 23.4 Å². The van der Waals surface area contributed by atoms with E-state index in [9.17, 15) is 4.79 Å². The van der Waals surface area contributed by atoms with Crippen LogP contribution in [-0.4, -0.2) is 39.7 Å². The lowest BCUT2D eigenvalue weighted by molar-refractivity contribution is -0.134. The number of carboxylic acid groups (broad SMARTS) is 1. The topological polar surface area (TPSA) is 109 Å². The van der Waals surface area contributed by atoms with E-state index < -0.39 is 5.97 Å². The number of hydrogen-bond donors (Lipinski definition) is 3. The zero-order chi connectivity index (χ0) is 18.4. The van der Waals surface area contributed by atoms with Crippen LogP contribution in [0.1, 0.15) is 0 Å². The van der Waals surface area contributed by atoms with Crippen LogP contribution < -0.4 is 15.4 Å². The second kappa shape index (κ2) is 7.93. The monoisotopic (exact) mass is 351 g/mol. The summed E-state index contributed by atoms with van der Waals surface area (Å²) in [5.41, 5.74) is 2.27. The summed E-state index contributed by atoms with van der Waals surface area (Å²) in [6.45, 7) is -0.279. The molecule has 3 rings (SSSR count). The minimum atomic E-state index is -0.995. The lowest BCUT2D eigenvalue weighted by Crippen LogP contribution is -2.15. The van der Waals surface area contributed by atoms with E-state index in [2.05, 4.69) is 25.6 Å². The fraction of sp³-hybridized carbons (Fsp3) is 0.111. The van der Waals surface area contributed by atoms with Crippen molar-refractivity contribution in [2.45, 2.75) is 0 Å². The van der Waals surface area contributed by atoms with Gasteiger partial charge in [-0.25, -0.2) is 4.98 Å². The van der Waals surface area contributed by atoms with Crippen LogP contribution in [0.15, 0.2) is 54.9 Å². The first-order valence-corrected chi connectivity index (χ1v) is 7.80. The second-order valence-electron chi connectivity index (χ2n) is 5.30. The molecule has 0 unspecified atom stereocenters. The summed E-state index contributed by atoms with van der Waals surface area (Å²) in [6, 6.07) is 12.8. The number of aromatic nitrogens is 3. The van der Waals surface area contributed by atoms with Gasteiger partial charge in [-0.3, -0.25) is 9.78 Å². The first-order chi connectivity index (χ1) is 12.6. The molecule has 8 nitrogen and oxygen atoms in total. The number of pyridine rings is 1. The Hall–Kier alpha value is -3.68. The van der Waals surface area contributed by atoms with Gasteiger partial charge in [0.1, 0.15) is 18.1 Å². The number of carboxylic acids is 1. The fourth-order valence-corrected chi connectivity index (χ4v) is 2.26. The van der Waals surface area contributed by atoms with Crippen LogP contribution in [0.4, 0.5) is 17.5 Å². The molecule has 3 N–H and O–H groups in total. The number of nitrogens with one attached hydrogen (secondary N) is 2. The highest BCUT2D eigenvalue weighted by molar-refractivity contribution is 5.73. The van der Waals surface area contributed by atoms with E-state index in [1.807, 2.05) is 36.4 Å². The lowest BCUT2D eigenvalue weighted by Gasteiger charge is -2.11. The zero-order valence-corrected chi connectivity index (χ0v) is 14.0. The van der Waals surface area contributed by atoms with Gasteiger partial charge in [0.25, 0.3) is 0 Å². The minimum Gasteiger partial charge on any atom is -0.497 e. The molecule has 0 bridgehead atoms. The van der Waals surface area contributed by atoms with Crippen molar-refractivity contribution in [3.05, 3.63) is 54.9 Å². The Balaban J connectivity index is 1.94. The molecule has 8 heteroatoms. The van der Waals surface area contributed by atoms with Gasteiger partial charge in [0, 0.05) is 35.8 Å². The molecule has 0 radical (unpaired) electrons. The summed E-state index contributed by atoms with van der Waals surface area (Å²) in [6.07, 6.45) is 3.33. The molecule has 0 aliphatic rings. The predicted octanol–water partition coefficient (Wildman–Crippen LogP) is 2.79. The largest absolute Gasteiger partial charge is 0.497 e. The average molecular weight is 351 g/mol. The Morgan fingerprint density at radius 2 is 1.96 bits per heavy atom. The summed E-state index contributed by atoms with van der Waals surface area (Å²) in [5.74, 6) is 0.452. The third-order valence-corrected chi connectivity index (χ3v) is 3.44. The number of hydrogen-bond acceptors (Lipinski definition) is 7.